The fraction of sp³-hybridized carbons (Fsp3) is 0.400. The van der Waals surface area contributed by atoms with Gasteiger partial charge in [0, 0.05) is 35.0 Å². The fourth-order valence-corrected chi connectivity index (χ4v) is 3.90. The number of fused-ring (bicyclic) bond motifs is 3. The second-order valence-corrected chi connectivity index (χ2v) is 6.59. The van der Waals surface area contributed by atoms with Crippen molar-refractivity contribution in [1.29, 1.82) is 0 Å². The van der Waals surface area contributed by atoms with Crippen LogP contribution in [0, 0.1) is 0 Å². The van der Waals surface area contributed by atoms with E-state index >= 15 is 0 Å². The normalized spacial score (nSPS) is 28.1. The van der Waals surface area contributed by atoms with Gasteiger partial charge in [0.05, 0.1) is 11.1 Å². The van der Waals surface area contributed by atoms with Gasteiger partial charge in [-0.2, -0.15) is 0 Å². The zero-order valence-electron chi connectivity index (χ0n) is 11.0. The van der Waals surface area contributed by atoms with Crippen molar-refractivity contribution in [2.24, 2.45) is 0 Å². The van der Waals surface area contributed by atoms with E-state index in [0.29, 0.717) is 17.6 Å². The number of carbonyl (C=O) groups excluding carboxylic acids is 1. The number of carbonyl (C=O) groups is 1. The number of hydrogen-bond donors (Lipinski definition) is 2. The summed E-state index contributed by atoms with van der Waals surface area (Å²) in [6.45, 7) is 0. The maximum absolute atomic E-state index is 12.4. The minimum atomic E-state index is 0.0241. The van der Waals surface area contributed by atoms with Crippen molar-refractivity contribution >= 4 is 27.4 Å². The van der Waals surface area contributed by atoms with Crippen LogP contribution in [0.4, 0.5) is 0 Å². The fourth-order valence-electron chi connectivity index (χ4n) is 3.44. The SMILES string of the molecule is O=C(NC1CC2CCC1N2)c1ccc2c(Br)ccn2c1. The van der Waals surface area contributed by atoms with E-state index < -0.39 is 0 Å². The summed E-state index contributed by atoms with van der Waals surface area (Å²) in [5, 5.41) is 6.71. The Bertz CT molecular complexity index is 681. The van der Waals surface area contributed by atoms with Crippen LogP contribution in [-0.2, 0) is 0 Å². The number of rotatable bonds is 2. The lowest BCUT2D eigenvalue weighted by Gasteiger charge is -2.21. The van der Waals surface area contributed by atoms with E-state index in [1.807, 2.05) is 35.0 Å². The highest BCUT2D eigenvalue weighted by Crippen LogP contribution is 2.28. The molecule has 0 aliphatic carbocycles. The van der Waals surface area contributed by atoms with Crippen LogP contribution in [0.3, 0.4) is 0 Å². The molecule has 0 spiro atoms. The summed E-state index contributed by atoms with van der Waals surface area (Å²) in [6.07, 6.45) is 7.33. The third kappa shape index (κ3) is 1.96. The van der Waals surface area contributed by atoms with Crippen molar-refractivity contribution in [2.45, 2.75) is 37.4 Å². The molecule has 0 aromatic carbocycles. The molecule has 2 saturated heterocycles. The van der Waals surface area contributed by atoms with Gasteiger partial charge in [0.2, 0.25) is 0 Å². The molecule has 104 valence electrons. The van der Waals surface area contributed by atoms with E-state index in [2.05, 4.69) is 26.6 Å². The van der Waals surface area contributed by atoms with Crippen molar-refractivity contribution in [3.05, 3.63) is 40.6 Å². The average molecular weight is 334 g/mol. The van der Waals surface area contributed by atoms with Gasteiger partial charge >= 0.3 is 0 Å². The molecule has 2 bridgehead atoms. The molecule has 2 fully saturated rings. The van der Waals surface area contributed by atoms with Crippen LogP contribution < -0.4 is 10.6 Å². The Kier molecular flexibility index (Phi) is 2.86. The largest absolute Gasteiger partial charge is 0.348 e. The van der Waals surface area contributed by atoms with E-state index in [9.17, 15) is 4.79 Å². The molecule has 2 aromatic heterocycles. The number of hydrogen-bond acceptors (Lipinski definition) is 2. The quantitative estimate of drug-likeness (QED) is 0.885. The van der Waals surface area contributed by atoms with Crippen LogP contribution in [0.15, 0.2) is 35.1 Å². The molecular formula is C15H16BrN3O. The molecule has 4 rings (SSSR count). The Labute approximate surface area is 125 Å². The van der Waals surface area contributed by atoms with Crippen molar-refractivity contribution in [3.8, 4) is 0 Å². The second kappa shape index (κ2) is 4.60. The standard InChI is InChI=1S/C15H16BrN3O/c16-11-5-6-19-8-9(1-4-14(11)19)15(20)18-13-7-10-2-3-12(13)17-10/h1,4-6,8,10,12-13,17H,2-3,7H2,(H,18,20). The first-order chi connectivity index (χ1) is 9.70. The van der Waals surface area contributed by atoms with Gasteiger partial charge in [0.15, 0.2) is 0 Å². The van der Waals surface area contributed by atoms with Crippen molar-refractivity contribution in [1.82, 2.24) is 15.0 Å². The predicted octanol–water partition coefficient (Wildman–Crippen LogP) is 2.32. The van der Waals surface area contributed by atoms with Gasteiger partial charge in [-0.25, -0.2) is 0 Å². The number of amides is 1. The Morgan fingerprint density at radius 1 is 1.35 bits per heavy atom. The summed E-state index contributed by atoms with van der Waals surface area (Å²) in [6, 6.07) is 7.19. The zero-order valence-corrected chi connectivity index (χ0v) is 12.6. The summed E-state index contributed by atoms with van der Waals surface area (Å²) in [4.78, 5) is 12.4. The summed E-state index contributed by atoms with van der Waals surface area (Å²) >= 11 is 3.49. The minimum Gasteiger partial charge on any atom is -0.348 e. The van der Waals surface area contributed by atoms with E-state index in [-0.39, 0.29) is 11.9 Å². The molecule has 3 unspecified atom stereocenters. The zero-order chi connectivity index (χ0) is 13.7. The lowest BCUT2D eigenvalue weighted by Crippen LogP contribution is -2.42. The van der Waals surface area contributed by atoms with Gasteiger partial charge in [-0.3, -0.25) is 4.79 Å². The highest BCUT2D eigenvalue weighted by atomic mass is 79.9. The summed E-state index contributed by atoms with van der Waals surface area (Å²) < 4.78 is 3.01. The lowest BCUT2D eigenvalue weighted by atomic mass is 9.95. The van der Waals surface area contributed by atoms with Crippen LogP contribution >= 0.6 is 15.9 Å². The minimum absolute atomic E-state index is 0.0241. The molecule has 0 saturated carbocycles. The highest BCUT2D eigenvalue weighted by Gasteiger charge is 2.39. The molecule has 0 radical (unpaired) electrons. The molecule has 1 amide bonds. The molecule has 2 aliphatic heterocycles. The summed E-state index contributed by atoms with van der Waals surface area (Å²) in [7, 11) is 0. The molecular weight excluding hydrogens is 318 g/mol. The van der Waals surface area contributed by atoms with Crippen molar-refractivity contribution in [3.63, 3.8) is 0 Å². The van der Waals surface area contributed by atoms with Gasteiger partial charge in [0.1, 0.15) is 0 Å². The van der Waals surface area contributed by atoms with Crippen LogP contribution in [0.25, 0.3) is 5.52 Å². The van der Waals surface area contributed by atoms with Crippen LogP contribution in [0.1, 0.15) is 29.6 Å². The Hall–Kier alpha value is -1.33. The summed E-state index contributed by atoms with van der Waals surface area (Å²) in [5.74, 6) is 0.0241. The van der Waals surface area contributed by atoms with Gasteiger partial charge in [-0.05, 0) is 53.4 Å². The predicted molar refractivity (Wildman–Crippen MR) is 80.9 cm³/mol. The number of aromatic nitrogens is 1. The van der Waals surface area contributed by atoms with Crippen molar-refractivity contribution < 1.29 is 4.79 Å². The number of nitrogens with zero attached hydrogens (tertiary/aromatic N) is 1. The Morgan fingerprint density at radius 3 is 3.00 bits per heavy atom. The average Bonchev–Trinajstić information content (AvgIpc) is 3.14. The molecule has 2 aliphatic rings. The van der Waals surface area contributed by atoms with Crippen LogP contribution in [-0.4, -0.2) is 28.4 Å². The second-order valence-electron chi connectivity index (χ2n) is 5.74. The monoisotopic (exact) mass is 333 g/mol. The van der Waals surface area contributed by atoms with Gasteiger partial charge in [-0.15, -0.1) is 0 Å². The molecule has 20 heavy (non-hydrogen) atoms. The number of halogens is 1. The highest BCUT2D eigenvalue weighted by molar-refractivity contribution is 9.10. The Morgan fingerprint density at radius 2 is 2.25 bits per heavy atom. The van der Waals surface area contributed by atoms with Gasteiger partial charge in [0.25, 0.3) is 5.91 Å². The topological polar surface area (TPSA) is 45.5 Å². The van der Waals surface area contributed by atoms with Gasteiger partial charge < -0.3 is 15.0 Å². The number of nitrogens with one attached hydrogen (secondary N) is 2. The smallest absolute Gasteiger partial charge is 0.253 e. The van der Waals surface area contributed by atoms with Gasteiger partial charge in [-0.1, -0.05) is 0 Å². The lowest BCUT2D eigenvalue weighted by molar-refractivity contribution is 0.0930. The Balaban J connectivity index is 1.54. The molecule has 4 heterocycles. The molecule has 4 nitrogen and oxygen atoms in total. The van der Waals surface area contributed by atoms with Crippen LogP contribution in [0.2, 0.25) is 0 Å². The molecule has 2 N–H and O–H groups in total. The maximum Gasteiger partial charge on any atom is 0.253 e. The van der Waals surface area contributed by atoms with Crippen molar-refractivity contribution in [2.75, 3.05) is 0 Å². The van der Waals surface area contributed by atoms with E-state index in [0.717, 1.165) is 16.4 Å². The van der Waals surface area contributed by atoms with E-state index in [4.69, 9.17) is 0 Å². The third-order valence-electron chi connectivity index (χ3n) is 4.48. The first-order valence-electron chi connectivity index (χ1n) is 7.04. The van der Waals surface area contributed by atoms with E-state index in [1.54, 1.807) is 0 Å². The van der Waals surface area contributed by atoms with Crippen LogP contribution in [0.5, 0.6) is 0 Å². The number of pyridine rings is 1. The molecule has 5 heteroatoms. The molecule has 3 atom stereocenters. The first kappa shape index (κ1) is 12.4. The van der Waals surface area contributed by atoms with E-state index in [1.165, 1.54) is 12.8 Å². The third-order valence-corrected chi connectivity index (χ3v) is 5.15. The summed E-state index contributed by atoms with van der Waals surface area (Å²) in [5.41, 5.74) is 1.78. The first-order valence-corrected chi connectivity index (χ1v) is 7.83. The molecule has 2 aromatic rings. The maximum atomic E-state index is 12.4.